The van der Waals surface area contributed by atoms with Gasteiger partial charge in [0.25, 0.3) is 0 Å². The van der Waals surface area contributed by atoms with Crippen LogP contribution in [-0.2, 0) is 11.3 Å². The molecule has 0 bridgehead atoms. The standard InChI is InChI=1S/C13H21N3O2/c1-11-4-7-16(9-12(11)17)13(18)3-2-6-15-8-5-14-10-15/h5,8,10-12,17H,2-4,6-7,9H2,1H3. The highest BCUT2D eigenvalue weighted by molar-refractivity contribution is 5.76. The van der Waals surface area contributed by atoms with Crippen LogP contribution in [0.25, 0.3) is 0 Å². The minimum atomic E-state index is -0.364. The van der Waals surface area contributed by atoms with Crippen LogP contribution in [0.5, 0.6) is 0 Å². The molecule has 1 aromatic rings. The Bertz CT molecular complexity index is 378. The number of nitrogens with zero attached hydrogens (tertiary/aromatic N) is 3. The minimum Gasteiger partial charge on any atom is -0.391 e. The summed E-state index contributed by atoms with van der Waals surface area (Å²) in [7, 11) is 0. The number of piperidine rings is 1. The molecule has 1 aliphatic rings. The van der Waals surface area contributed by atoms with Crippen molar-refractivity contribution in [1.29, 1.82) is 0 Å². The zero-order valence-electron chi connectivity index (χ0n) is 10.8. The van der Waals surface area contributed by atoms with Gasteiger partial charge >= 0.3 is 0 Å². The van der Waals surface area contributed by atoms with Crippen molar-refractivity contribution in [3.05, 3.63) is 18.7 Å². The maximum absolute atomic E-state index is 12.0. The highest BCUT2D eigenvalue weighted by Crippen LogP contribution is 2.17. The molecule has 2 atom stereocenters. The molecule has 0 aromatic carbocycles. The van der Waals surface area contributed by atoms with Gasteiger partial charge in [0.15, 0.2) is 0 Å². The topological polar surface area (TPSA) is 58.4 Å². The van der Waals surface area contributed by atoms with Crippen molar-refractivity contribution in [3.63, 3.8) is 0 Å². The normalized spacial score (nSPS) is 24.2. The molecule has 0 spiro atoms. The van der Waals surface area contributed by atoms with Crippen molar-refractivity contribution in [2.45, 2.75) is 38.8 Å². The first-order valence-corrected chi connectivity index (χ1v) is 6.58. The van der Waals surface area contributed by atoms with E-state index in [-0.39, 0.29) is 12.0 Å². The summed E-state index contributed by atoms with van der Waals surface area (Å²) in [5.41, 5.74) is 0. The predicted octanol–water partition coefficient (Wildman–Crippen LogP) is 0.893. The number of hydrogen-bond acceptors (Lipinski definition) is 3. The Labute approximate surface area is 107 Å². The van der Waals surface area contributed by atoms with E-state index in [4.69, 9.17) is 0 Å². The summed E-state index contributed by atoms with van der Waals surface area (Å²) in [4.78, 5) is 17.7. The van der Waals surface area contributed by atoms with Crippen LogP contribution in [0.3, 0.4) is 0 Å². The second-order valence-corrected chi connectivity index (χ2v) is 5.08. The molecule has 1 saturated heterocycles. The molecule has 1 N–H and O–H groups in total. The summed E-state index contributed by atoms with van der Waals surface area (Å²) >= 11 is 0. The number of likely N-dealkylation sites (tertiary alicyclic amines) is 1. The number of aromatic nitrogens is 2. The van der Waals surface area contributed by atoms with Gasteiger partial charge in [0, 0.05) is 38.4 Å². The monoisotopic (exact) mass is 251 g/mol. The highest BCUT2D eigenvalue weighted by atomic mass is 16.3. The Morgan fingerprint density at radius 2 is 2.39 bits per heavy atom. The number of β-amino-alcohol motifs (C(OH)–C–C–N with tert-alkyl or cyclic N) is 1. The number of amides is 1. The van der Waals surface area contributed by atoms with Gasteiger partial charge in [0.1, 0.15) is 0 Å². The van der Waals surface area contributed by atoms with Crippen molar-refractivity contribution < 1.29 is 9.90 Å². The van der Waals surface area contributed by atoms with Gasteiger partial charge in [0.2, 0.25) is 5.91 Å². The van der Waals surface area contributed by atoms with Crippen molar-refractivity contribution in [3.8, 4) is 0 Å². The van der Waals surface area contributed by atoms with E-state index in [0.29, 0.717) is 18.9 Å². The van der Waals surface area contributed by atoms with E-state index in [1.165, 1.54) is 0 Å². The summed E-state index contributed by atoms with van der Waals surface area (Å²) in [5, 5.41) is 9.77. The molecule has 2 heterocycles. The SMILES string of the molecule is CC1CCN(C(=O)CCCn2ccnc2)CC1O. The van der Waals surface area contributed by atoms with Crippen molar-refractivity contribution >= 4 is 5.91 Å². The van der Waals surface area contributed by atoms with Crippen LogP contribution in [0.4, 0.5) is 0 Å². The van der Waals surface area contributed by atoms with Gasteiger partial charge in [-0.05, 0) is 18.8 Å². The molecule has 0 radical (unpaired) electrons. The first-order valence-electron chi connectivity index (χ1n) is 6.58. The quantitative estimate of drug-likeness (QED) is 0.864. The van der Waals surface area contributed by atoms with Crippen LogP contribution >= 0.6 is 0 Å². The highest BCUT2D eigenvalue weighted by Gasteiger charge is 2.26. The first kappa shape index (κ1) is 13.1. The predicted molar refractivity (Wildman–Crippen MR) is 67.8 cm³/mol. The molecule has 1 fully saturated rings. The zero-order valence-corrected chi connectivity index (χ0v) is 10.8. The van der Waals surface area contributed by atoms with Crippen LogP contribution in [0, 0.1) is 5.92 Å². The van der Waals surface area contributed by atoms with Gasteiger partial charge in [-0.3, -0.25) is 4.79 Å². The summed E-state index contributed by atoms with van der Waals surface area (Å²) in [6.07, 6.45) is 7.29. The van der Waals surface area contributed by atoms with Crippen LogP contribution in [0.2, 0.25) is 0 Å². The number of imidazole rings is 1. The maximum atomic E-state index is 12.0. The van der Waals surface area contributed by atoms with Gasteiger partial charge in [-0.2, -0.15) is 0 Å². The number of aliphatic hydroxyl groups is 1. The van der Waals surface area contributed by atoms with Gasteiger partial charge in [-0.1, -0.05) is 6.92 Å². The minimum absolute atomic E-state index is 0.154. The molecule has 18 heavy (non-hydrogen) atoms. The maximum Gasteiger partial charge on any atom is 0.222 e. The van der Waals surface area contributed by atoms with Gasteiger partial charge in [-0.25, -0.2) is 4.98 Å². The number of aryl methyl sites for hydroxylation is 1. The van der Waals surface area contributed by atoms with E-state index in [1.54, 1.807) is 17.4 Å². The molecule has 0 aliphatic carbocycles. The molecule has 0 saturated carbocycles. The average Bonchev–Trinajstić information content (AvgIpc) is 2.85. The lowest BCUT2D eigenvalue weighted by atomic mass is 9.96. The third-order valence-electron chi connectivity index (χ3n) is 3.64. The summed E-state index contributed by atoms with van der Waals surface area (Å²) in [5.74, 6) is 0.459. The lowest BCUT2D eigenvalue weighted by Crippen LogP contribution is -2.45. The second kappa shape index (κ2) is 6.00. The molecular formula is C13H21N3O2. The number of rotatable bonds is 4. The molecule has 5 heteroatoms. The Hall–Kier alpha value is -1.36. The van der Waals surface area contributed by atoms with Crippen molar-refractivity contribution in [2.24, 2.45) is 5.92 Å². The van der Waals surface area contributed by atoms with Crippen LogP contribution in [0.15, 0.2) is 18.7 Å². The van der Waals surface area contributed by atoms with E-state index in [0.717, 1.165) is 25.9 Å². The largest absolute Gasteiger partial charge is 0.391 e. The summed E-state index contributed by atoms with van der Waals surface area (Å²) < 4.78 is 1.97. The van der Waals surface area contributed by atoms with Gasteiger partial charge in [-0.15, -0.1) is 0 Å². The third kappa shape index (κ3) is 3.32. The van der Waals surface area contributed by atoms with Crippen LogP contribution in [-0.4, -0.2) is 44.7 Å². The zero-order chi connectivity index (χ0) is 13.0. The second-order valence-electron chi connectivity index (χ2n) is 5.08. The lowest BCUT2D eigenvalue weighted by Gasteiger charge is -2.34. The van der Waals surface area contributed by atoms with E-state index in [2.05, 4.69) is 4.98 Å². The lowest BCUT2D eigenvalue weighted by molar-refractivity contribution is -0.135. The summed E-state index contributed by atoms with van der Waals surface area (Å²) in [6.45, 7) is 4.12. The fourth-order valence-electron chi connectivity index (χ4n) is 2.27. The molecule has 1 aromatic heterocycles. The number of hydrogen-bond donors (Lipinski definition) is 1. The fraction of sp³-hybridized carbons (Fsp3) is 0.692. The van der Waals surface area contributed by atoms with Gasteiger partial charge in [0.05, 0.1) is 12.4 Å². The first-order chi connectivity index (χ1) is 8.66. The Balaban J connectivity index is 1.71. The molecule has 1 aliphatic heterocycles. The van der Waals surface area contributed by atoms with Crippen LogP contribution < -0.4 is 0 Å². The Morgan fingerprint density at radius 1 is 1.56 bits per heavy atom. The Kier molecular flexibility index (Phi) is 4.36. The molecule has 2 unspecified atom stereocenters. The smallest absolute Gasteiger partial charge is 0.222 e. The van der Waals surface area contributed by atoms with Crippen LogP contribution in [0.1, 0.15) is 26.2 Å². The van der Waals surface area contributed by atoms with E-state index < -0.39 is 0 Å². The average molecular weight is 251 g/mol. The Morgan fingerprint density at radius 3 is 3.06 bits per heavy atom. The van der Waals surface area contributed by atoms with E-state index >= 15 is 0 Å². The number of carbonyl (C=O) groups is 1. The summed E-state index contributed by atoms with van der Waals surface area (Å²) in [6, 6.07) is 0. The van der Waals surface area contributed by atoms with E-state index in [1.807, 2.05) is 17.7 Å². The molecule has 100 valence electrons. The van der Waals surface area contributed by atoms with Crippen molar-refractivity contribution in [2.75, 3.05) is 13.1 Å². The molecule has 2 rings (SSSR count). The fourth-order valence-corrected chi connectivity index (χ4v) is 2.27. The third-order valence-corrected chi connectivity index (χ3v) is 3.64. The van der Waals surface area contributed by atoms with Gasteiger partial charge < -0.3 is 14.6 Å². The van der Waals surface area contributed by atoms with Crippen molar-refractivity contribution in [1.82, 2.24) is 14.5 Å². The molecule has 5 nitrogen and oxygen atoms in total. The number of carbonyl (C=O) groups excluding carboxylic acids is 1. The molecular weight excluding hydrogens is 230 g/mol. The van der Waals surface area contributed by atoms with E-state index in [9.17, 15) is 9.90 Å². The number of aliphatic hydroxyl groups excluding tert-OH is 1. The molecule has 1 amide bonds.